The molecule has 0 aromatic carbocycles. The molecule has 0 unspecified atom stereocenters. The maximum atomic E-state index is 12.9. The fraction of sp³-hybridized carbons (Fsp3) is 0.611. The van der Waals surface area contributed by atoms with Gasteiger partial charge in [0, 0.05) is 30.4 Å². The van der Waals surface area contributed by atoms with E-state index in [0.29, 0.717) is 22.5 Å². The Kier molecular flexibility index (Phi) is 6.78. The van der Waals surface area contributed by atoms with Crippen molar-refractivity contribution in [2.45, 2.75) is 53.6 Å². The van der Waals surface area contributed by atoms with Gasteiger partial charge in [0.25, 0.3) is 0 Å². The molecule has 0 atom stereocenters. The average molecular weight is 351 g/mol. The van der Waals surface area contributed by atoms with Crippen molar-refractivity contribution >= 4 is 17.8 Å². The SMILES string of the molecule is COC(=O)c1c(C)c(C(=O)CN(C(=O)NC(C)C)C(C)C)c(C)n1C. The maximum absolute atomic E-state index is 12.9. The van der Waals surface area contributed by atoms with Gasteiger partial charge in [-0.25, -0.2) is 9.59 Å². The molecular weight excluding hydrogens is 322 g/mol. The second kappa shape index (κ2) is 8.18. The lowest BCUT2D eigenvalue weighted by atomic mass is 10.0. The molecule has 0 bridgehead atoms. The maximum Gasteiger partial charge on any atom is 0.354 e. The largest absolute Gasteiger partial charge is 0.464 e. The zero-order valence-corrected chi connectivity index (χ0v) is 16.4. The number of carbonyl (C=O) groups is 3. The smallest absolute Gasteiger partial charge is 0.354 e. The Morgan fingerprint density at radius 3 is 2.16 bits per heavy atom. The minimum atomic E-state index is -0.486. The van der Waals surface area contributed by atoms with Crippen molar-refractivity contribution in [3.63, 3.8) is 0 Å². The number of hydrogen-bond donors (Lipinski definition) is 1. The lowest BCUT2D eigenvalue weighted by molar-refractivity contribution is 0.0588. The molecule has 2 amide bonds. The van der Waals surface area contributed by atoms with E-state index in [9.17, 15) is 14.4 Å². The zero-order chi connectivity index (χ0) is 19.5. The number of nitrogens with zero attached hydrogens (tertiary/aromatic N) is 2. The normalized spacial score (nSPS) is 11.0. The highest BCUT2D eigenvalue weighted by Crippen LogP contribution is 2.23. The summed E-state index contributed by atoms with van der Waals surface area (Å²) in [6.07, 6.45) is 0. The Bertz CT molecular complexity index is 674. The van der Waals surface area contributed by atoms with Crippen LogP contribution in [-0.4, -0.2) is 53.0 Å². The monoisotopic (exact) mass is 351 g/mol. The van der Waals surface area contributed by atoms with Gasteiger partial charge in [0.1, 0.15) is 5.69 Å². The summed E-state index contributed by atoms with van der Waals surface area (Å²) < 4.78 is 6.46. The van der Waals surface area contributed by atoms with Crippen molar-refractivity contribution in [1.29, 1.82) is 0 Å². The molecular formula is C18H29N3O4. The molecule has 0 radical (unpaired) electrons. The molecule has 1 aromatic rings. The van der Waals surface area contributed by atoms with E-state index in [4.69, 9.17) is 4.74 Å². The number of amides is 2. The summed E-state index contributed by atoms with van der Waals surface area (Å²) in [5, 5.41) is 2.81. The van der Waals surface area contributed by atoms with Crippen LogP contribution in [0.4, 0.5) is 4.79 Å². The van der Waals surface area contributed by atoms with Gasteiger partial charge in [0.2, 0.25) is 0 Å². The summed E-state index contributed by atoms with van der Waals surface area (Å²) in [5.41, 5.74) is 2.07. The van der Waals surface area contributed by atoms with E-state index in [1.165, 1.54) is 12.0 Å². The topological polar surface area (TPSA) is 80.6 Å². The first-order valence-electron chi connectivity index (χ1n) is 8.37. The van der Waals surface area contributed by atoms with Crippen molar-refractivity contribution in [3.8, 4) is 0 Å². The van der Waals surface area contributed by atoms with Crippen molar-refractivity contribution in [2.24, 2.45) is 7.05 Å². The van der Waals surface area contributed by atoms with Crippen molar-refractivity contribution in [1.82, 2.24) is 14.8 Å². The Hall–Kier alpha value is -2.31. The Balaban J connectivity index is 3.19. The number of urea groups is 1. The summed E-state index contributed by atoms with van der Waals surface area (Å²) in [7, 11) is 3.03. The number of rotatable bonds is 6. The molecule has 0 aliphatic rings. The van der Waals surface area contributed by atoms with Crippen LogP contribution in [0.15, 0.2) is 0 Å². The summed E-state index contributed by atoms with van der Waals surface area (Å²) in [4.78, 5) is 38.7. The second-order valence-corrected chi connectivity index (χ2v) is 6.73. The number of ketones is 1. The van der Waals surface area contributed by atoms with Gasteiger partial charge in [-0.1, -0.05) is 0 Å². The van der Waals surface area contributed by atoms with Crippen LogP contribution < -0.4 is 5.32 Å². The summed E-state index contributed by atoms with van der Waals surface area (Å²) in [5.74, 6) is -0.686. The molecule has 0 spiro atoms. The summed E-state index contributed by atoms with van der Waals surface area (Å²) >= 11 is 0. The molecule has 140 valence electrons. The zero-order valence-electron chi connectivity index (χ0n) is 16.4. The van der Waals surface area contributed by atoms with Crippen LogP contribution in [0.5, 0.6) is 0 Å². The number of nitrogens with one attached hydrogen (secondary N) is 1. The molecule has 1 aromatic heterocycles. The highest BCUT2D eigenvalue weighted by molar-refractivity contribution is 6.04. The number of hydrogen-bond acceptors (Lipinski definition) is 4. The van der Waals surface area contributed by atoms with Crippen molar-refractivity contribution < 1.29 is 19.1 Å². The first-order chi connectivity index (χ1) is 11.5. The number of Topliss-reactive ketones (excluding diaryl/α,β-unsaturated/α-hetero) is 1. The molecule has 0 aliphatic carbocycles. The number of carbonyl (C=O) groups excluding carboxylic acids is 3. The predicted octanol–water partition coefficient (Wildman–Crippen LogP) is 2.44. The predicted molar refractivity (Wildman–Crippen MR) is 96.1 cm³/mol. The van der Waals surface area contributed by atoms with Crippen molar-refractivity contribution in [3.05, 3.63) is 22.5 Å². The number of aromatic nitrogens is 1. The molecule has 25 heavy (non-hydrogen) atoms. The van der Waals surface area contributed by atoms with Gasteiger partial charge in [-0.05, 0) is 47.1 Å². The van der Waals surface area contributed by atoms with Gasteiger partial charge in [-0.2, -0.15) is 0 Å². The van der Waals surface area contributed by atoms with Crippen LogP contribution in [0.1, 0.15) is 59.8 Å². The van der Waals surface area contributed by atoms with Crippen LogP contribution in [0, 0.1) is 13.8 Å². The fourth-order valence-electron chi connectivity index (χ4n) is 2.83. The van der Waals surface area contributed by atoms with Gasteiger partial charge < -0.3 is 19.5 Å². The third-order valence-electron chi connectivity index (χ3n) is 4.20. The molecule has 7 heteroatoms. The van der Waals surface area contributed by atoms with E-state index in [1.807, 2.05) is 27.7 Å². The fourth-order valence-corrected chi connectivity index (χ4v) is 2.83. The van der Waals surface area contributed by atoms with E-state index >= 15 is 0 Å². The van der Waals surface area contributed by atoms with E-state index in [1.54, 1.807) is 25.5 Å². The Morgan fingerprint density at radius 2 is 1.72 bits per heavy atom. The minimum absolute atomic E-state index is 0.0185. The lowest BCUT2D eigenvalue weighted by Gasteiger charge is -2.27. The van der Waals surface area contributed by atoms with Crippen LogP contribution in [0.2, 0.25) is 0 Å². The van der Waals surface area contributed by atoms with E-state index in [0.717, 1.165) is 0 Å². The van der Waals surface area contributed by atoms with Gasteiger partial charge in [0.05, 0.1) is 13.7 Å². The van der Waals surface area contributed by atoms with E-state index in [2.05, 4.69) is 5.32 Å². The quantitative estimate of drug-likeness (QED) is 0.630. The van der Waals surface area contributed by atoms with Crippen LogP contribution in [0.3, 0.4) is 0 Å². The van der Waals surface area contributed by atoms with Gasteiger partial charge in [-0.15, -0.1) is 0 Å². The van der Waals surface area contributed by atoms with Crippen LogP contribution in [-0.2, 0) is 11.8 Å². The minimum Gasteiger partial charge on any atom is -0.464 e. The molecule has 7 nitrogen and oxygen atoms in total. The van der Waals surface area contributed by atoms with Gasteiger partial charge in [-0.3, -0.25) is 4.79 Å². The summed E-state index contributed by atoms with van der Waals surface area (Å²) in [6.45, 7) is 10.9. The van der Waals surface area contributed by atoms with Crippen LogP contribution >= 0.6 is 0 Å². The molecule has 1 rings (SSSR count). The number of ether oxygens (including phenoxy) is 1. The molecule has 1 heterocycles. The van der Waals surface area contributed by atoms with Crippen molar-refractivity contribution in [2.75, 3.05) is 13.7 Å². The summed E-state index contributed by atoms with van der Waals surface area (Å²) in [6, 6.07) is -0.431. The first kappa shape index (κ1) is 20.7. The van der Waals surface area contributed by atoms with E-state index < -0.39 is 5.97 Å². The highest BCUT2D eigenvalue weighted by atomic mass is 16.5. The molecule has 0 saturated carbocycles. The first-order valence-corrected chi connectivity index (χ1v) is 8.37. The molecule has 0 fully saturated rings. The number of methoxy groups -OCH3 is 1. The highest BCUT2D eigenvalue weighted by Gasteiger charge is 2.28. The van der Waals surface area contributed by atoms with Crippen LogP contribution in [0.25, 0.3) is 0 Å². The average Bonchev–Trinajstić information content (AvgIpc) is 2.72. The van der Waals surface area contributed by atoms with E-state index in [-0.39, 0.29) is 30.4 Å². The van der Waals surface area contributed by atoms with Gasteiger partial charge >= 0.3 is 12.0 Å². The second-order valence-electron chi connectivity index (χ2n) is 6.73. The molecule has 1 N–H and O–H groups in total. The third kappa shape index (κ3) is 4.41. The lowest BCUT2D eigenvalue weighted by Crippen LogP contribution is -2.48. The standard InChI is InChI=1S/C18H29N3O4/c1-10(2)19-18(24)21(11(3)4)9-14(22)15-12(5)16(17(23)25-8)20(7)13(15)6/h10-11H,9H2,1-8H3,(H,19,24). The Labute approximate surface area is 149 Å². The Morgan fingerprint density at radius 1 is 1.16 bits per heavy atom. The molecule has 0 aliphatic heterocycles. The molecule has 0 saturated heterocycles. The van der Waals surface area contributed by atoms with Gasteiger partial charge in [0.15, 0.2) is 5.78 Å². The number of esters is 1. The third-order valence-corrected chi connectivity index (χ3v) is 4.20.